The zero-order valence-corrected chi connectivity index (χ0v) is 21.0. The summed E-state index contributed by atoms with van der Waals surface area (Å²) in [5, 5.41) is 10.2. The Hall–Kier alpha value is -2.07. The lowest BCUT2D eigenvalue weighted by molar-refractivity contribution is 0.183. The number of benzene rings is 3. The molecule has 0 aromatic heterocycles. The van der Waals surface area contributed by atoms with E-state index in [2.05, 4.69) is 0 Å². The number of aliphatic hydroxyl groups excluding tert-OH is 1. The molecular weight excluding hydrogens is 494 g/mol. The highest BCUT2D eigenvalue weighted by molar-refractivity contribution is 7.99. The molecule has 3 rings (SSSR count). The first-order chi connectivity index (χ1) is 16.2. The number of halogens is 1. The molecule has 3 aromatic rings. The van der Waals surface area contributed by atoms with E-state index in [4.69, 9.17) is 26.6 Å². The lowest BCUT2D eigenvalue weighted by Gasteiger charge is -2.27. The van der Waals surface area contributed by atoms with Crippen molar-refractivity contribution in [2.45, 2.75) is 41.2 Å². The van der Waals surface area contributed by atoms with Crippen LogP contribution in [0.1, 0.15) is 24.0 Å². The van der Waals surface area contributed by atoms with Crippen molar-refractivity contribution in [2.24, 2.45) is 5.73 Å². The average molecular weight is 522 g/mol. The third kappa shape index (κ3) is 8.61. The molecule has 182 valence electrons. The molecule has 0 saturated carbocycles. The van der Waals surface area contributed by atoms with Gasteiger partial charge in [0.25, 0.3) is 10.1 Å². The van der Waals surface area contributed by atoms with Crippen molar-refractivity contribution in [1.29, 1.82) is 0 Å². The summed E-state index contributed by atoms with van der Waals surface area (Å²) < 4.78 is 36.9. The number of aliphatic hydroxyl groups is 1. The predicted molar refractivity (Wildman–Crippen MR) is 136 cm³/mol. The van der Waals surface area contributed by atoms with Crippen LogP contribution >= 0.6 is 23.4 Å². The van der Waals surface area contributed by atoms with Gasteiger partial charge in [0, 0.05) is 20.4 Å². The van der Waals surface area contributed by atoms with Crippen molar-refractivity contribution in [3.8, 4) is 5.75 Å². The van der Waals surface area contributed by atoms with Crippen LogP contribution in [0.5, 0.6) is 5.75 Å². The maximum atomic E-state index is 11.0. The third-order valence-electron chi connectivity index (χ3n) is 5.38. The first-order valence-corrected chi connectivity index (χ1v) is 13.5. The maximum absolute atomic E-state index is 11.0. The van der Waals surface area contributed by atoms with E-state index in [0.717, 1.165) is 26.7 Å². The molecular formula is C25H28ClNO5S2. The van der Waals surface area contributed by atoms with Gasteiger partial charge in [-0.05, 0) is 60.7 Å². The van der Waals surface area contributed by atoms with Crippen molar-refractivity contribution in [3.05, 3.63) is 88.9 Å². The van der Waals surface area contributed by atoms with Crippen molar-refractivity contribution in [3.63, 3.8) is 0 Å². The Morgan fingerprint density at radius 1 is 0.971 bits per heavy atom. The van der Waals surface area contributed by atoms with Gasteiger partial charge in [-0.15, -0.1) is 0 Å². The van der Waals surface area contributed by atoms with Crippen molar-refractivity contribution >= 4 is 33.5 Å². The maximum Gasteiger partial charge on any atom is 0.264 e. The topological polar surface area (TPSA) is 110 Å². The Morgan fingerprint density at radius 2 is 1.71 bits per heavy atom. The summed E-state index contributed by atoms with van der Waals surface area (Å²) in [6, 6.07) is 23.6. The Balaban J connectivity index is 1.59. The van der Waals surface area contributed by atoms with Crippen molar-refractivity contribution in [2.75, 3.05) is 12.4 Å². The quantitative estimate of drug-likeness (QED) is 0.288. The second-order valence-electron chi connectivity index (χ2n) is 8.16. The van der Waals surface area contributed by atoms with Gasteiger partial charge in [-0.25, -0.2) is 0 Å². The van der Waals surface area contributed by atoms with E-state index in [0.29, 0.717) is 24.5 Å². The fourth-order valence-corrected chi connectivity index (χ4v) is 5.21. The number of rotatable bonds is 12. The molecule has 0 aliphatic rings. The molecule has 0 aliphatic carbocycles. The zero-order valence-electron chi connectivity index (χ0n) is 18.6. The average Bonchev–Trinajstić information content (AvgIpc) is 2.81. The number of aryl methyl sites for hydroxylation is 1. The van der Waals surface area contributed by atoms with E-state index < -0.39 is 28.0 Å². The Kier molecular flexibility index (Phi) is 9.41. The van der Waals surface area contributed by atoms with Crippen molar-refractivity contribution in [1.82, 2.24) is 0 Å². The van der Waals surface area contributed by atoms with Gasteiger partial charge in [0.2, 0.25) is 0 Å². The van der Waals surface area contributed by atoms with E-state index in [1.54, 1.807) is 11.8 Å². The smallest absolute Gasteiger partial charge is 0.264 e. The normalized spacial score (nSPS) is 13.4. The van der Waals surface area contributed by atoms with E-state index in [1.165, 1.54) is 0 Å². The Bertz CT molecular complexity index is 1190. The van der Waals surface area contributed by atoms with Crippen LogP contribution in [0.4, 0.5) is 0 Å². The van der Waals surface area contributed by atoms with Crippen LogP contribution in [-0.4, -0.2) is 36.0 Å². The summed E-state index contributed by atoms with van der Waals surface area (Å²) in [6.45, 7) is 0.104. The van der Waals surface area contributed by atoms with Gasteiger partial charge in [0.1, 0.15) is 12.4 Å². The summed E-state index contributed by atoms with van der Waals surface area (Å²) in [7, 11) is -4.14. The minimum absolute atomic E-state index is 0.0451. The SMILES string of the molecule is NC(CO)(CCc1ccc(Sc2cccc(OCc3ccccc3)c2)cc1Cl)CCS(=O)(=O)O. The Morgan fingerprint density at radius 3 is 2.38 bits per heavy atom. The van der Waals surface area contributed by atoms with Gasteiger partial charge in [-0.2, -0.15) is 8.42 Å². The van der Waals surface area contributed by atoms with Gasteiger partial charge >= 0.3 is 0 Å². The predicted octanol–water partition coefficient (Wildman–Crippen LogP) is 4.97. The molecule has 6 nitrogen and oxygen atoms in total. The standard InChI is InChI=1S/C25H28ClNO5S2/c26-24-16-23(10-9-20(24)11-12-25(27,18-28)13-14-34(29,30)31)33-22-8-4-7-21(15-22)32-17-19-5-2-1-3-6-19/h1-10,15-16,28H,11-14,17-18,27H2,(H,29,30,31). The molecule has 0 heterocycles. The molecule has 1 atom stereocenters. The van der Waals surface area contributed by atoms with Crippen LogP contribution in [0.25, 0.3) is 0 Å². The van der Waals surface area contributed by atoms with Crippen LogP contribution in [0.2, 0.25) is 5.02 Å². The zero-order chi connectivity index (χ0) is 24.6. The molecule has 0 aliphatic heterocycles. The number of nitrogens with two attached hydrogens (primary N) is 1. The largest absolute Gasteiger partial charge is 0.489 e. The lowest BCUT2D eigenvalue weighted by atomic mass is 9.90. The van der Waals surface area contributed by atoms with Gasteiger partial charge < -0.3 is 15.6 Å². The molecule has 4 N–H and O–H groups in total. The third-order valence-corrected chi connectivity index (χ3v) is 7.43. The Labute approximate surface area is 209 Å². The molecule has 0 spiro atoms. The lowest BCUT2D eigenvalue weighted by Crippen LogP contribution is -2.45. The molecule has 1 unspecified atom stereocenters. The number of ether oxygens (including phenoxy) is 1. The fourth-order valence-electron chi connectivity index (χ4n) is 3.30. The molecule has 0 radical (unpaired) electrons. The highest BCUT2D eigenvalue weighted by Gasteiger charge is 2.26. The van der Waals surface area contributed by atoms with Crippen LogP contribution in [0.15, 0.2) is 82.6 Å². The monoisotopic (exact) mass is 521 g/mol. The van der Waals surface area contributed by atoms with Gasteiger partial charge in [-0.1, -0.05) is 65.8 Å². The minimum atomic E-state index is -4.14. The summed E-state index contributed by atoms with van der Waals surface area (Å²) in [4.78, 5) is 1.97. The van der Waals surface area contributed by atoms with Gasteiger partial charge in [-0.3, -0.25) is 4.55 Å². The van der Waals surface area contributed by atoms with E-state index in [-0.39, 0.29) is 6.42 Å². The first-order valence-electron chi connectivity index (χ1n) is 10.7. The molecule has 0 bridgehead atoms. The minimum Gasteiger partial charge on any atom is -0.489 e. The van der Waals surface area contributed by atoms with Crippen LogP contribution < -0.4 is 10.5 Å². The van der Waals surface area contributed by atoms with Gasteiger partial charge in [0.15, 0.2) is 0 Å². The summed E-state index contributed by atoms with van der Waals surface area (Å²) in [5.74, 6) is 0.284. The summed E-state index contributed by atoms with van der Waals surface area (Å²) in [6.07, 6.45) is 0.748. The summed E-state index contributed by atoms with van der Waals surface area (Å²) >= 11 is 8.05. The molecule has 0 fully saturated rings. The first kappa shape index (κ1) is 26.5. The second kappa shape index (κ2) is 12.1. The fraction of sp³-hybridized carbons (Fsp3) is 0.280. The van der Waals surface area contributed by atoms with E-state index >= 15 is 0 Å². The van der Waals surface area contributed by atoms with Crippen LogP contribution in [0, 0.1) is 0 Å². The van der Waals surface area contributed by atoms with E-state index in [1.807, 2.05) is 72.8 Å². The number of hydrogen-bond donors (Lipinski definition) is 3. The highest BCUT2D eigenvalue weighted by atomic mass is 35.5. The van der Waals surface area contributed by atoms with E-state index in [9.17, 15) is 13.5 Å². The van der Waals surface area contributed by atoms with Crippen LogP contribution in [-0.2, 0) is 23.1 Å². The molecule has 34 heavy (non-hydrogen) atoms. The molecule has 0 saturated heterocycles. The second-order valence-corrected chi connectivity index (χ2v) is 11.3. The molecule has 3 aromatic carbocycles. The highest BCUT2D eigenvalue weighted by Crippen LogP contribution is 2.33. The molecule has 0 amide bonds. The summed E-state index contributed by atoms with van der Waals surface area (Å²) in [5.41, 5.74) is 6.96. The number of hydrogen-bond acceptors (Lipinski definition) is 6. The van der Waals surface area contributed by atoms with Gasteiger partial charge in [0.05, 0.1) is 12.4 Å². The molecule has 9 heteroatoms. The van der Waals surface area contributed by atoms with Crippen LogP contribution in [0.3, 0.4) is 0 Å². The van der Waals surface area contributed by atoms with Crippen molar-refractivity contribution < 1.29 is 22.8 Å².